The monoisotopic (exact) mass is 283 g/mol. The molecule has 3 N–H and O–H groups in total. The van der Waals surface area contributed by atoms with Gasteiger partial charge in [0.15, 0.2) is 5.69 Å². The summed E-state index contributed by atoms with van der Waals surface area (Å²) in [6.45, 7) is 4.06. The zero-order valence-electron chi connectivity index (χ0n) is 12.2. The smallest absolute Gasteiger partial charge is 0.276 e. The number of nitrogens with zero attached hydrogens (tertiary/aromatic N) is 4. The molecule has 1 rings (SSSR count). The highest BCUT2D eigenvalue weighted by molar-refractivity contribution is 5.91. The van der Waals surface area contributed by atoms with Crippen LogP contribution in [-0.4, -0.2) is 57.1 Å². The zero-order valence-corrected chi connectivity index (χ0v) is 12.2. The molecule has 0 atom stereocenters. The van der Waals surface area contributed by atoms with Crippen molar-refractivity contribution in [2.75, 3.05) is 26.2 Å². The first-order valence-electron chi connectivity index (χ1n) is 7.23. The largest absolute Gasteiger partial charge is 0.395 e. The summed E-state index contributed by atoms with van der Waals surface area (Å²) in [5, 5.41) is 16.8. The van der Waals surface area contributed by atoms with E-state index >= 15 is 0 Å². The van der Waals surface area contributed by atoms with Crippen molar-refractivity contribution in [1.29, 1.82) is 0 Å². The number of aliphatic hydroxyl groups is 1. The highest BCUT2D eigenvalue weighted by Gasteiger charge is 2.18. The quantitative estimate of drug-likeness (QED) is 0.600. The van der Waals surface area contributed by atoms with Gasteiger partial charge in [-0.05, 0) is 6.42 Å². The van der Waals surface area contributed by atoms with Gasteiger partial charge in [-0.3, -0.25) is 9.48 Å². The van der Waals surface area contributed by atoms with Gasteiger partial charge in [0.2, 0.25) is 0 Å². The second-order valence-corrected chi connectivity index (χ2v) is 4.73. The molecule has 0 unspecified atom stereocenters. The lowest BCUT2D eigenvalue weighted by Gasteiger charge is -2.20. The van der Waals surface area contributed by atoms with Gasteiger partial charge in [0.1, 0.15) is 0 Å². The number of unbranched alkanes of at least 4 members (excludes halogenated alkanes) is 3. The predicted octanol–water partition coefficient (Wildman–Crippen LogP) is 0.252. The van der Waals surface area contributed by atoms with Crippen molar-refractivity contribution in [1.82, 2.24) is 19.9 Å². The molecule has 0 fully saturated rings. The van der Waals surface area contributed by atoms with Crippen molar-refractivity contribution in [2.24, 2.45) is 5.73 Å². The number of rotatable bonds is 10. The van der Waals surface area contributed by atoms with E-state index in [2.05, 4.69) is 17.2 Å². The van der Waals surface area contributed by atoms with Crippen molar-refractivity contribution in [2.45, 2.75) is 39.2 Å². The Bertz CT molecular complexity index is 394. The Hall–Kier alpha value is -1.47. The lowest BCUT2D eigenvalue weighted by Crippen LogP contribution is -2.34. The van der Waals surface area contributed by atoms with E-state index < -0.39 is 0 Å². The van der Waals surface area contributed by atoms with E-state index in [-0.39, 0.29) is 12.5 Å². The van der Waals surface area contributed by atoms with Crippen LogP contribution < -0.4 is 5.73 Å². The van der Waals surface area contributed by atoms with Crippen LogP contribution in [0, 0.1) is 0 Å². The standard InChI is InChI=1S/C13H25N5O2/c1-2-3-4-5-7-17(9-10-19)13(20)12-11-18(8-6-14)16-15-12/h11,19H,2-10,14H2,1H3. The van der Waals surface area contributed by atoms with Gasteiger partial charge in [-0.1, -0.05) is 31.4 Å². The Labute approximate surface area is 119 Å². The molecule has 0 aromatic carbocycles. The fourth-order valence-electron chi connectivity index (χ4n) is 1.96. The molecule has 0 aliphatic carbocycles. The van der Waals surface area contributed by atoms with Crippen LogP contribution in [0.25, 0.3) is 0 Å². The fourth-order valence-corrected chi connectivity index (χ4v) is 1.96. The maximum atomic E-state index is 12.3. The van der Waals surface area contributed by atoms with Crippen LogP contribution in [0.3, 0.4) is 0 Å². The zero-order chi connectivity index (χ0) is 14.8. The second kappa shape index (κ2) is 9.44. The third kappa shape index (κ3) is 5.26. The second-order valence-electron chi connectivity index (χ2n) is 4.73. The normalized spacial score (nSPS) is 10.8. The van der Waals surface area contributed by atoms with E-state index in [0.717, 1.165) is 25.7 Å². The summed E-state index contributed by atoms with van der Waals surface area (Å²) in [5.74, 6) is -0.182. The van der Waals surface area contributed by atoms with Crippen LogP contribution in [0.5, 0.6) is 0 Å². The number of amides is 1. The number of aliphatic hydroxyl groups excluding tert-OH is 1. The number of carbonyl (C=O) groups excluding carboxylic acids is 1. The number of hydrogen-bond acceptors (Lipinski definition) is 5. The van der Waals surface area contributed by atoms with Crippen molar-refractivity contribution in [3.05, 3.63) is 11.9 Å². The maximum absolute atomic E-state index is 12.3. The molecule has 1 amide bonds. The van der Waals surface area contributed by atoms with Crippen molar-refractivity contribution in [3.63, 3.8) is 0 Å². The summed E-state index contributed by atoms with van der Waals surface area (Å²) in [6.07, 6.45) is 5.95. The Balaban J connectivity index is 2.57. The molecule has 0 saturated carbocycles. The van der Waals surface area contributed by atoms with Gasteiger partial charge >= 0.3 is 0 Å². The summed E-state index contributed by atoms with van der Waals surface area (Å²) in [4.78, 5) is 13.9. The minimum absolute atomic E-state index is 0.0452. The van der Waals surface area contributed by atoms with Gasteiger partial charge in [-0.2, -0.15) is 0 Å². The number of hydrogen-bond donors (Lipinski definition) is 2. The van der Waals surface area contributed by atoms with Gasteiger partial charge in [0.05, 0.1) is 19.3 Å². The Morgan fingerprint density at radius 2 is 2.20 bits per heavy atom. The topological polar surface area (TPSA) is 97.3 Å². The van der Waals surface area contributed by atoms with Gasteiger partial charge in [-0.25, -0.2) is 0 Å². The first-order chi connectivity index (χ1) is 9.72. The molecular formula is C13H25N5O2. The summed E-state index contributed by atoms with van der Waals surface area (Å²) in [5.41, 5.74) is 5.74. The molecule has 0 radical (unpaired) electrons. The molecule has 7 heteroatoms. The lowest BCUT2D eigenvalue weighted by molar-refractivity contribution is 0.0712. The SMILES string of the molecule is CCCCCCN(CCO)C(=O)c1cn(CCN)nn1. The van der Waals surface area contributed by atoms with Crippen LogP contribution >= 0.6 is 0 Å². The first kappa shape index (κ1) is 16.6. The van der Waals surface area contributed by atoms with Gasteiger partial charge < -0.3 is 15.7 Å². The van der Waals surface area contributed by atoms with Crippen LogP contribution in [0.15, 0.2) is 6.20 Å². The fraction of sp³-hybridized carbons (Fsp3) is 0.769. The number of carbonyl (C=O) groups is 1. The van der Waals surface area contributed by atoms with E-state index in [4.69, 9.17) is 10.8 Å². The van der Waals surface area contributed by atoms with E-state index in [1.165, 1.54) is 0 Å². The van der Waals surface area contributed by atoms with E-state index in [1.54, 1.807) is 15.8 Å². The van der Waals surface area contributed by atoms with Crippen LogP contribution in [0.1, 0.15) is 43.1 Å². The minimum Gasteiger partial charge on any atom is -0.395 e. The molecule has 20 heavy (non-hydrogen) atoms. The summed E-state index contributed by atoms with van der Waals surface area (Å²) >= 11 is 0. The van der Waals surface area contributed by atoms with Crippen LogP contribution in [-0.2, 0) is 6.54 Å². The number of nitrogens with two attached hydrogens (primary N) is 1. The van der Waals surface area contributed by atoms with Gasteiger partial charge in [0.25, 0.3) is 5.91 Å². The highest BCUT2D eigenvalue weighted by Crippen LogP contribution is 2.05. The average Bonchev–Trinajstić information content (AvgIpc) is 2.90. The third-order valence-corrected chi connectivity index (χ3v) is 3.05. The predicted molar refractivity (Wildman–Crippen MR) is 76.2 cm³/mol. The molecule has 0 saturated heterocycles. The lowest BCUT2D eigenvalue weighted by atomic mass is 10.2. The van der Waals surface area contributed by atoms with Crippen molar-refractivity contribution < 1.29 is 9.90 Å². The molecule has 1 aromatic heterocycles. The average molecular weight is 283 g/mol. The van der Waals surface area contributed by atoms with Crippen LogP contribution in [0.4, 0.5) is 0 Å². The third-order valence-electron chi connectivity index (χ3n) is 3.05. The Morgan fingerprint density at radius 3 is 2.85 bits per heavy atom. The molecular weight excluding hydrogens is 258 g/mol. The van der Waals surface area contributed by atoms with Gasteiger partial charge in [-0.15, -0.1) is 5.10 Å². The first-order valence-corrected chi connectivity index (χ1v) is 7.23. The molecule has 0 spiro atoms. The van der Waals surface area contributed by atoms with E-state index in [9.17, 15) is 4.79 Å². The molecule has 0 aliphatic heterocycles. The Morgan fingerprint density at radius 1 is 1.40 bits per heavy atom. The van der Waals surface area contributed by atoms with Crippen molar-refractivity contribution in [3.8, 4) is 0 Å². The molecule has 1 aromatic rings. The minimum atomic E-state index is -0.182. The molecule has 1 heterocycles. The highest BCUT2D eigenvalue weighted by atomic mass is 16.3. The molecule has 7 nitrogen and oxygen atoms in total. The molecule has 114 valence electrons. The summed E-state index contributed by atoms with van der Waals surface area (Å²) in [6, 6.07) is 0. The Kier molecular flexibility index (Phi) is 7.82. The maximum Gasteiger partial charge on any atom is 0.276 e. The van der Waals surface area contributed by atoms with Crippen molar-refractivity contribution >= 4 is 5.91 Å². The molecule has 0 aliphatic rings. The van der Waals surface area contributed by atoms with Crippen LogP contribution in [0.2, 0.25) is 0 Å². The van der Waals surface area contributed by atoms with E-state index in [0.29, 0.717) is 31.9 Å². The summed E-state index contributed by atoms with van der Waals surface area (Å²) in [7, 11) is 0. The van der Waals surface area contributed by atoms with E-state index in [1.807, 2.05) is 0 Å². The van der Waals surface area contributed by atoms with Gasteiger partial charge in [0, 0.05) is 19.6 Å². The summed E-state index contributed by atoms with van der Waals surface area (Å²) < 4.78 is 1.56. The molecule has 0 bridgehead atoms. The number of aromatic nitrogens is 3.